The molecule has 0 bridgehead atoms. The minimum atomic E-state index is -0.341. The van der Waals surface area contributed by atoms with E-state index < -0.39 is 0 Å². The van der Waals surface area contributed by atoms with Gasteiger partial charge in [-0.25, -0.2) is 0 Å². The molecule has 4 heteroatoms. The number of amides is 1. The Bertz CT molecular complexity index is 188. The van der Waals surface area contributed by atoms with Crippen LogP contribution in [-0.4, -0.2) is 11.7 Å². The highest BCUT2D eigenvalue weighted by atomic mass is 35.5. The molecule has 0 aromatic carbocycles. The molecule has 10 heavy (non-hydrogen) atoms. The van der Waals surface area contributed by atoms with Crippen LogP contribution in [0, 0.1) is 0 Å². The number of carbonyl (C=O) groups excluding carboxylic acids is 1. The van der Waals surface area contributed by atoms with Gasteiger partial charge in [0.25, 0.3) is 0 Å². The number of thioether (sulfide) groups is 1. The van der Waals surface area contributed by atoms with Crippen LogP contribution < -0.4 is 5.73 Å². The molecule has 1 heterocycles. The summed E-state index contributed by atoms with van der Waals surface area (Å²) in [6, 6.07) is 0. The molecule has 0 saturated heterocycles. The van der Waals surface area contributed by atoms with E-state index in [1.165, 1.54) is 0 Å². The highest BCUT2D eigenvalue weighted by molar-refractivity contribution is 8.02. The van der Waals surface area contributed by atoms with Gasteiger partial charge < -0.3 is 5.73 Å². The second kappa shape index (κ2) is 4.41. The monoisotopic (exact) mass is 177 g/mol. The molecule has 0 spiro atoms. The Kier molecular flexibility index (Phi) is 4.23. The molecule has 1 amide bonds. The van der Waals surface area contributed by atoms with E-state index in [-0.39, 0.29) is 18.3 Å². The van der Waals surface area contributed by atoms with Crippen LogP contribution in [0.25, 0.3) is 0 Å². The largest absolute Gasteiger partial charge is 0.366 e. The molecule has 0 radical (unpaired) electrons. The molecule has 0 saturated carbocycles. The Morgan fingerprint density at radius 3 is 2.70 bits per heavy atom. The van der Waals surface area contributed by atoms with Crippen molar-refractivity contribution in [2.24, 2.45) is 5.73 Å². The summed E-state index contributed by atoms with van der Waals surface area (Å²) in [6.45, 7) is 0. The lowest BCUT2D eigenvalue weighted by Gasteiger charge is -1.99. The third-order valence-electron chi connectivity index (χ3n) is 1.03. The van der Waals surface area contributed by atoms with Crippen molar-refractivity contribution in [2.45, 2.75) is 0 Å². The van der Waals surface area contributed by atoms with Gasteiger partial charge in [-0.1, -0.05) is 6.08 Å². The zero-order valence-electron chi connectivity index (χ0n) is 5.24. The van der Waals surface area contributed by atoms with E-state index in [4.69, 9.17) is 5.73 Å². The van der Waals surface area contributed by atoms with Gasteiger partial charge in [0, 0.05) is 11.3 Å². The lowest BCUT2D eigenvalue weighted by molar-refractivity contribution is -0.114. The average molecular weight is 178 g/mol. The fourth-order valence-corrected chi connectivity index (χ4v) is 1.20. The second-order valence-electron chi connectivity index (χ2n) is 1.66. The number of hydrogen-bond acceptors (Lipinski definition) is 2. The van der Waals surface area contributed by atoms with Crippen molar-refractivity contribution in [3.8, 4) is 0 Å². The van der Waals surface area contributed by atoms with Crippen molar-refractivity contribution in [3.05, 3.63) is 23.1 Å². The van der Waals surface area contributed by atoms with Crippen molar-refractivity contribution in [1.29, 1.82) is 0 Å². The normalized spacial score (nSPS) is 15.4. The van der Waals surface area contributed by atoms with Crippen LogP contribution in [0.5, 0.6) is 0 Å². The van der Waals surface area contributed by atoms with Crippen LogP contribution >= 0.6 is 24.2 Å². The second-order valence-corrected chi connectivity index (χ2v) is 2.60. The van der Waals surface area contributed by atoms with E-state index in [9.17, 15) is 4.79 Å². The fraction of sp³-hybridized carbons (Fsp3) is 0.167. The third kappa shape index (κ3) is 2.45. The molecule has 1 aliphatic heterocycles. The summed E-state index contributed by atoms with van der Waals surface area (Å²) < 4.78 is 0. The van der Waals surface area contributed by atoms with Gasteiger partial charge in [0.2, 0.25) is 5.91 Å². The Morgan fingerprint density at radius 2 is 2.40 bits per heavy atom. The van der Waals surface area contributed by atoms with E-state index in [2.05, 4.69) is 0 Å². The molecule has 0 aliphatic carbocycles. The van der Waals surface area contributed by atoms with Gasteiger partial charge >= 0.3 is 0 Å². The lowest BCUT2D eigenvalue weighted by atomic mass is 10.2. The van der Waals surface area contributed by atoms with Gasteiger partial charge in [0.1, 0.15) is 0 Å². The topological polar surface area (TPSA) is 43.1 Å². The minimum absolute atomic E-state index is 0. The number of halogens is 1. The smallest absolute Gasteiger partial charge is 0.248 e. The van der Waals surface area contributed by atoms with Crippen LogP contribution in [0.3, 0.4) is 0 Å². The summed E-state index contributed by atoms with van der Waals surface area (Å²) in [4.78, 5) is 10.4. The van der Waals surface area contributed by atoms with Crippen LogP contribution in [0.1, 0.15) is 0 Å². The molecule has 0 aromatic rings. The molecule has 2 nitrogen and oxygen atoms in total. The first-order valence-electron chi connectivity index (χ1n) is 2.59. The molecule has 0 unspecified atom stereocenters. The summed E-state index contributed by atoms with van der Waals surface area (Å²) in [5.74, 6) is 0.515. The summed E-state index contributed by atoms with van der Waals surface area (Å²) in [7, 11) is 0. The summed E-state index contributed by atoms with van der Waals surface area (Å²) in [5, 5.41) is 1.88. The molecule has 0 atom stereocenters. The van der Waals surface area contributed by atoms with Gasteiger partial charge in [-0.2, -0.15) is 0 Å². The van der Waals surface area contributed by atoms with E-state index in [1.807, 2.05) is 11.5 Å². The van der Waals surface area contributed by atoms with Crippen LogP contribution in [0.4, 0.5) is 0 Å². The minimum Gasteiger partial charge on any atom is -0.366 e. The maximum Gasteiger partial charge on any atom is 0.248 e. The fourth-order valence-electron chi connectivity index (χ4n) is 0.566. The first-order chi connectivity index (χ1) is 4.30. The Labute approximate surface area is 70.0 Å². The van der Waals surface area contributed by atoms with Crippen LogP contribution in [0.2, 0.25) is 0 Å². The zero-order valence-corrected chi connectivity index (χ0v) is 6.87. The van der Waals surface area contributed by atoms with Crippen molar-refractivity contribution in [1.82, 2.24) is 0 Å². The maximum absolute atomic E-state index is 10.4. The molecule has 0 fully saturated rings. The number of hydrogen-bond donors (Lipinski definition) is 1. The third-order valence-corrected chi connectivity index (χ3v) is 1.72. The zero-order chi connectivity index (χ0) is 6.69. The van der Waals surface area contributed by atoms with E-state index >= 15 is 0 Å². The number of rotatable bonds is 1. The van der Waals surface area contributed by atoms with Crippen molar-refractivity contribution < 1.29 is 4.79 Å². The van der Waals surface area contributed by atoms with E-state index in [0.717, 1.165) is 5.75 Å². The first kappa shape index (κ1) is 9.59. The standard InChI is InChI=1S/C6H7NOS.ClH/c7-6(8)5-1-3-9-4-2-5;/h1-3H,4H2,(H2,7,8);1H. The summed E-state index contributed by atoms with van der Waals surface area (Å²) >= 11 is 1.65. The van der Waals surface area contributed by atoms with Gasteiger partial charge in [-0.3, -0.25) is 4.79 Å². The Balaban J connectivity index is 0.000000810. The molecule has 1 rings (SSSR count). The number of nitrogens with two attached hydrogens (primary N) is 1. The van der Waals surface area contributed by atoms with Crippen molar-refractivity contribution >= 4 is 30.1 Å². The van der Waals surface area contributed by atoms with E-state index in [1.54, 1.807) is 17.8 Å². The molecule has 2 N–H and O–H groups in total. The lowest BCUT2D eigenvalue weighted by Crippen LogP contribution is -2.13. The molecule has 0 aromatic heterocycles. The highest BCUT2D eigenvalue weighted by Gasteiger charge is 2.01. The Hall–Kier alpha value is -0.410. The molecule has 1 aliphatic rings. The van der Waals surface area contributed by atoms with Gasteiger partial charge in [-0.05, 0) is 11.5 Å². The van der Waals surface area contributed by atoms with Gasteiger partial charge in [0.15, 0.2) is 0 Å². The molecular formula is C6H8ClNOS. The highest BCUT2D eigenvalue weighted by Crippen LogP contribution is 2.12. The first-order valence-corrected chi connectivity index (χ1v) is 3.63. The summed E-state index contributed by atoms with van der Waals surface area (Å²) in [5.41, 5.74) is 5.62. The predicted octanol–water partition coefficient (Wildman–Crippen LogP) is 1.08. The SMILES string of the molecule is Cl.NC(=O)C1=CCSC=C1. The van der Waals surface area contributed by atoms with Gasteiger partial charge in [0.05, 0.1) is 0 Å². The maximum atomic E-state index is 10.4. The van der Waals surface area contributed by atoms with Crippen molar-refractivity contribution in [2.75, 3.05) is 5.75 Å². The van der Waals surface area contributed by atoms with Crippen LogP contribution in [-0.2, 0) is 4.79 Å². The average Bonchev–Trinajstić information content (AvgIpc) is 1.90. The quantitative estimate of drug-likeness (QED) is 0.652. The number of primary amides is 1. The van der Waals surface area contributed by atoms with Gasteiger partial charge in [-0.15, -0.1) is 24.2 Å². The van der Waals surface area contributed by atoms with Crippen molar-refractivity contribution in [3.63, 3.8) is 0 Å². The summed E-state index contributed by atoms with van der Waals surface area (Å²) in [6.07, 6.45) is 3.56. The van der Waals surface area contributed by atoms with E-state index in [0.29, 0.717) is 5.57 Å². The Morgan fingerprint density at radius 1 is 1.70 bits per heavy atom. The predicted molar refractivity (Wildman–Crippen MR) is 46.1 cm³/mol. The van der Waals surface area contributed by atoms with Crippen LogP contribution in [0.15, 0.2) is 23.1 Å². The molecule has 56 valence electrons. The number of carbonyl (C=O) groups is 1. The molecular weight excluding hydrogens is 170 g/mol.